The second-order valence-electron chi connectivity index (χ2n) is 8.45. The Kier molecular flexibility index (Phi) is 6.18. The Bertz CT molecular complexity index is 1170. The molecular weight excluding hydrogens is 430 g/mol. The molecular formula is C27H27N3O4. The zero-order valence-corrected chi connectivity index (χ0v) is 19.0. The average molecular weight is 458 g/mol. The summed E-state index contributed by atoms with van der Waals surface area (Å²) in [7, 11) is 1.35. The second kappa shape index (κ2) is 9.57. The molecule has 1 fully saturated rings. The first-order chi connectivity index (χ1) is 16.6. The normalized spacial score (nSPS) is 14.8. The van der Waals surface area contributed by atoms with Gasteiger partial charge in [0, 0.05) is 43.5 Å². The molecule has 0 atom stereocenters. The van der Waals surface area contributed by atoms with Gasteiger partial charge in [0.05, 0.1) is 12.7 Å². The van der Waals surface area contributed by atoms with E-state index in [0.29, 0.717) is 11.3 Å². The van der Waals surface area contributed by atoms with Crippen LogP contribution in [-0.2, 0) is 9.47 Å². The molecule has 3 aromatic carbocycles. The van der Waals surface area contributed by atoms with Gasteiger partial charge in [-0.05, 0) is 40.5 Å². The third-order valence-corrected chi connectivity index (χ3v) is 6.41. The van der Waals surface area contributed by atoms with Crippen molar-refractivity contribution in [2.75, 3.05) is 50.1 Å². The predicted molar refractivity (Wildman–Crippen MR) is 132 cm³/mol. The summed E-state index contributed by atoms with van der Waals surface area (Å²) in [6.07, 6.45) is -0.560. The number of carbonyl (C=O) groups is 2. The van der Waals surface area contributed by atoms with Gasteiger partial charge in [-0.3, -0.25) is 5.32 Å². The average Bonchev–Trinajstić information content (AvgIpc) is 3.21. The Morgan fingerprint density at radius 3 is 2.26 bits per heavy atom. The second-order valence-corrected chi connectivity index (χ2v) is 8.45. The van der Waals surface area contributed by atoms with Gasteiger partial charge in [-0.2, -0.15) is 0 Å². The summed E-state index contributed by atoms with van der Waals surface area (Å²) < 4.78 is 10.6. The number of piperazine rings is 1. The molecule has 34 heavy (non-hydrogen) atoms. The lowest BCUT2D eigenvalue weighted by atomic mass is 9.98. The number of carbonyl (C=O) groups excluding carboxylic acids is 2. The molecule has 1 aliphatic carbocycles. The number of anilines is 2. The predicted octanol–water partition coefficient (Wildman–Crippen LogP) is 4.24. The van der Waals surface area contributed by atoms with Crippen LogP contribution in [0.15, 0.2) is 66.7 Å². The van der Waals surface area contributed by atoms with E-state index in [-0.39, 0.29) is 12.5 Å². The van der Waals surface area contributed by atoms with Crippen LogP contribution < -0.4 is 15.5 Å². The van der Waals surface area contributed by atoms with Crippen LogP contribution in [0, 0.1) is 0 Å². The first kappa shape index (κ1) is 22.0. The van der Waals surface area contributed by atoms with E-state index in [9.17, 15) is 9.59 Å². The van der Waals surface area contributed by atoms with Crippen molar-refractivity contribution in [3.05, 3.63) is 83.4 Å². The van der Waals surface area contributed by atoms with E-state index in [1.165, 1.54) is 18.2 Å². The standard InChI is InChI=1S/C27H27N3O4/c1-33-26(31)18-14-19(16-20(15-18)30-12-10-28-11-13-30)29-27(32)34-17-25-23-8-4-2-6-21(23)22-7-3-5-9-24(22)25/h2-9,14-16,25,28H,10-13,17H2,1H3,(H,29,32). The lowest BCUT2D eigenvalue weighted by Gasteiger charge is -2.30. The minimum Gasteiger partial charge on any atom is -0.465 e. The van der Waals surface area contributed by atoms with Gasteiger partial charge in [0.2, 0.25) is 0 Å². The number of rotatable bonds is 5. The van der Waals surface area contributed by atoms with Crippen molar-refractivity contribution in [3.8, 4) is 11.1 Å². The van der Waals surface area contributed by atoms with Gasteiger partial charge in [0.1, 0.15) is 6.61 Å². The number of hydrogen-bond donors (Lipinski definition) is 2. The Balaban J connectivity index is 1.32. The number of benzene rings is 3. The molecule has 1 saturated heterocycles. The molecule has 2 aliphatic rings. The summed E-state index contributed by atoms with van der Waals surface area (Å²) in [6.45, 7) is 3.57. The van der Waals surface area contributed by atoms with Crippen LogP contribution in [0.5, 0.6) is 0 Å². The number of methoxy groups -OCH3 is 1. The largest absolute Gasteiger partial charge is 0.465 e. The van der Waals surface area contributed by atoms with Crippen LogP contribution in [0.1, 0.15) is 27.4 Å². The van der Waals surface area contributed by atoms with Gasteiger partial charge in [-0.15, -0.1) is 0 Å². The lowest BCUT2D eigenvalue weighted by molar-refractivity contribution is 0.0600. The highest BCUT2D eigenvalue weighted by Gasteiger charge is 2.29. The third-order valence-electron chi connectivity index (χ3n) is 6.41. The molecule has 0 bridgehead atoms. The summed E-state index contributed by atoms with van der Waals surface area (Å²) in [4.78, 5) is 27.2. The first-order valence-electron chi connectivity index (χ1n) is 11.4. The van der Waals surface area contributed by atoms with Gasteiger partial charge in [-0.25, -0.2) is 9.59 Å². The van der Waals surface area contributed by atoms with Crippen LogP contribution in [-0.4, -0.2) is 52.0 Å². The lowest BCUT2D eigenvalue weighted by Crippen LogP contribution is -2.43. The Morgan fingerprint density at radius 1 is 0.971 bits per heavy atom. The summed E-state index contributed by atoms with van der Waals surface area (Å²) in [5.41, 5.74) is 6.41. The topological polar surface area (TPSA) is 79.9 Å². The molecule has 1 amide bonds. The van der Waals surface area contributed by atoms with Crippen LogP contribution in [0.2, 0.25) is 0 Å². The highest BCUT2D eigenvalue weighted by Crippen LogP contribution is 2.44. The number of nitrogens with zero attached hydrogens (tertiary/aromatic N) is 1. The number of ether oxygens (including phenoxy) is 2. The zero-order chi connectivity index (χ0) is 23.5. The summed E-state index contributed by atoms with van der Waals surface area (Å²) in [5, 5.41) is 6.12. The van der Waals surface area contributed by atoms with Crippen molar-refractivity contribution in [1.29, 1.82) is 0 Å². The number of amides is 1. The van der Waals surface area contributed by atoms with Crippen LogP contribution in [0.3, 0.4) is 0 Å². The zero-order valence-electron chi connectivity index (χ0n) is 19.0. The van der Waals surface area contributed by atoms with Crippen molar-refractivity contribution in [3.63, 3.8) is 0 Å². The maximum Gasteiger partial charge on any atom is 0.411 e. The minimum atomic E-state index is -0.560. The van der Waals surface area contributed by atoms with E-state index in [2.05, 4.69) is 39.8 Å². The van der Waals surface area contributed by atoms with Gasteiger partial charge in [0.25, 0.3) is 0 Å². The molecule has 0 saturated carbocycles. The fourth-order valence-electron chi connectivity index (χ4n) is 4.78. The van der Waals surface area contributed by atoms with Gasteiger partial charge >= 0.3 is 12.1 Å². The molecule has 0 radical (unpaired) electrons. The van der Waals surface area contributed by atoms with Crippen molar-refractivity contribution in [2.45, 2.75) is 5.92 Å². The highest BCUT2D eigenvalue weighted by molar-refractivity contribution is 5.94. The molecule has 1 aliphatic heterocycles. The van der Waals surface area contributed by atoms with E-state index in [1.807, 2.05) is 30.3 Å². The molecule has 5 rings (SSSR count). The van der Waals surface area contributed by atoms with Crippen LogP contribution in [0.25, 0.3) is 11.1 Å². The molecule has 0 spiro atoms. The molecule has 7 nitrogen and oxygen atoms in total. The van der Waals surface area contributed by atoms with Crippen molar-refractivity contribution in [2.24, 2.45) is 0 Å². The monoisotopic (exact) mass is 457 g/mol. The molecule has 0 aromatic heterocycles. The Morgan fingerprint density at radius 2 is 1.62 bits per heavy atom. The maximum absolute atomic E-state index is 12.8. The number of esters is 1. The molecule has 3 aromatic rings. The Labute approximate surface area is 198 Å². The van der Waals surface area contributed by atoms with E-state index in [1.54, 1.807) is 12.1 Å². The molecule has 2 N–H and O–H groups in total. The van der Waals surface area contributed by atoms with E-state index < -0.39 is 12.1 Å². The first-order valence-corrected chi connectivity index (χ1v) is 11.4. The van der Waals surface area contributed by atoms with Gasteiger partial charge in [0.15, 0.2) is 0 Å². The molecule has 1 heterocycles. The number of hydrogen-bond acceptors (Lipinski definition) is 6. The van der Waals surface area contributed by atoms with E-state index in [0.717, 1.165) is 43.0 Å². The summed E-state index contributed by atoms with van der Waals surface area (Å²) in [5.74, 6) is -0.469. The summed E-state index contributed by atoms with van der Waals surface area (Å²) in [6, 6.07) is 21.7. The van der Waals surface area contributed by atoms with E-state index >= 15 is 0 Å². The third kappa shape index (κ3) is 4.34. The number of nitrogens with one attached hydrogen (secondary N) is 2. The number of fused-ring (bicyclic) bond motifs is 3. The fourth-order valence-corrected chi connectivity index (χ4v) is 4.78. The molecule has 0 unspecified atom stereocenters. The fraction of sp³-hybridized carbons (Fsp3) is 0.259. The van der Waals surface area contributed by atoms with Gasteiger partial charge < -0.3 is 19.7 Å². The van der Waals surface area contributed by atoms with Gasteiger partial charge in [-0.1, -0.05) is 48.5 Å². The summed E-state index contributed by atoms with van der Waals surface area (Å²) >= 11 is 0. The maximum atomic E-state index is 12.8. The van der Waals surface area contributed by atoms with Crippen LogP contribution in [0.4, 0.5) is 16.2 Å². The highest BCUT2D eigenvalue weighted by atomic mass is 16.5. The van der Waals surface area contributed by atoms with Crippen molar-refractivity contribution < 1.29 is 19.1 Å². The SMILES string of the molecule is COC(=O)c1cc(NC(=O)OCC2c3ccccc3-c3ccccc32)cc(N2CCNCC2)c1. The van der Waals surface area contributed by atoms with Crippen molar-refractivity contribution >= 4 is 23.4 Å². The molecule has 174 valence electrons. The minimum absolute atomic E-state index is 0.0176. The smallest absolute Gasteiger partial charge is 0.411 e. The van der Waals surface area contributed by atoms with E-state index in [4.69, 9.17) is 9.47 Å². The quantitative estimate of drug-likeness (QED) is 0.558. The Hall–Kier alpha value is -3.84. The van der Waals surface area contributed by atoms with Crippen molar-refractivity contribution in [1.82, 2.24) is 5.32 Å². The molecule has 7 heteroatoms. The van der Waals surface area contributed by atoms with Crippen LogP contribution >= 0.6 is 0 Å².